The minimum Gasteiger partial charge on any atom is -0.493 e. The van der Waals surface area contributed by atoms with Crippen LogP contribution in [0, 0.1) is 0 Å². The van der Waals surface area contributed by atoms with Crippen LogP contribution >= 0.6 is 0 Å². The monoisotopic (exact) mass is 472 g/mol. The molecule has 0 aromatic heterocycles. The van der Waals surface area contributed by atoms with Gasteiger partial charge in [-0.25, -0.2) is 0 Å². The number of hydrogen-bond acceptors (Lipinski definition) is 6. The van der Waals surface area contributed by atoms with Crippen molar-refractivity contribution in [3.05, 3.63) is 59.7 Å². The summed E-state index contributed by atoms with van der Waals surface area (Å²) < 4.78 is 11.8. The third kappa shape index (κ3) is 5.16. The van der Waals surface area contributed by atoms with Crippen molar-refractivity contribution in [3.63, 3.8) is 0 Å². The molecule has 35 heavy (non-hydrogen) atoms. The molecule has 0 unspecified atom stereocenters. The average Bonchev–Trinajstić information content (AvgIpc) is 3.54. The number of nitrogens with one attached hydrogen (secondary N) is 2. The van der Waals surface area contributed by atoms with Gasteiger partial charge in [-0.15, -0.1) is 0 Å². The summed E-state index contributed by atoms with van der Waals surface area (Å²) >= 11 is 0. The summed E-state index contributed by atoms with van der Waals surface area (Å²) in [5.74, 6) is 3.86. The van der Waals surface area contributed by atoms with E-state index < -0.39 is 0 Å². The first kappa shape index (κ1) is 22.4. The fourth-order valence-corrected chi connectivity index (χ4v) is 5.80. The fourth-order valence-electron chi connectivity index (χ4n) is 5.80. The van der Waals surface area contributed by atoms with Crippen LogP contribution in [0.25, 0.3) is 0 Å². The summed E-state index contributed by atoms with van der Waals surface area (Å²) in [4.78, 5) is 9.82. The number of benzene rings is 2. The Morgan fingerprint density at radius 2 is 1.03 bits per heavy atom. The summed E-state index contributed by atoms with van der Waals surface area (Å²) in [5.41, 5.74) is 2.30. The third-order valence-electron chi connectivity index (χ3n) is 7.77. The van der Waals surface area contributed by atoms with Gasteiger partial charge in [-0.3, -0.25) is 9.98 Å². The summed E-state index contributed by atoms with van der Waals surface area (Å²) in [5, 5.41) is 7.24. The predicted octanol–water partition coefficient (Wildman–Crippen LogP) is 4.86. The second-order valence-corrected chi connectivity index (χ2v) is 10.3. The van der Waals surface area contributed by atoms with Gasteiger partial charge in [0, 0.05) is 29.6 Å². The highest BCUT2D eigenvalue weighted by molar-refractivity contribution is 6.01. The molecule has 4 aliphatic rings. The Labute approximate surface area is 208 Å². The van der Waals surface area contributed by atoms with E-state index in [1.54, 1.807) is 0 Å². The molecule has 184 valence electrons. The van der Waals surface area contributed by atoms with Gasteiger partial charge in [0.05, 0.1) is 25.3 Å². The number of ether oxygens (including phenoxy) is 2. The standard InChI is InChI=1S/C29H36N4O2/c1-2-7-25-24(6-1)30-28(31-25)20-10-14-22(15-11-20)34-18-5-19-35-23-16-12-21(13-17-23)29-32-26-8-3-4-9-27(26)33-29/h10-17,24-27H,1-9,18-19H2,(H,30,31)(H,32,33)/t24-,25-,26+,27+. The molecule has 2 aliphatic carbocycles. The normalized spacial score (nSPS) is 27.1. The van der Waals surface area contributed by atoms with Crippen molar-refractivity contribution in [2.24, 2.45) is 9.98 Å². The van der Waals surface area contributed by atoms with Crippen LogP contribution in [0.4, 0.5) is 0 Å². The van der Waals surface area contributed by atoms with Gasteiger partial charge < -0.3 is 20.1 Å². The quantitative estimate of drug-likeness (QED) is 0.539. The van der Waals surface area contributed by atoms with E-state index in [0.29, 0.717) is 37.4 Å². The molecule has 2 aromatic carbocycles. The molecule has 4 atom stereocenters. The van der Waals surface area contributed by atoms with Crippen molar-refractivity contribution in [2.75, 3.05) is 13.2 Å². The molecule has 2 fully saturated rings. The van der Waals surface area contributed by atoms with Gasteiger partial charge >= 0.3 is 0 Å². The Hall–Kier alpha value is -3.02. The van der Waals surface area contributed by atoms with Gasteiger partial charge in [0.15, 0.2) is 0 Å². The third-order valence-corrected chi connectivity index (χ3v) is 7.77. The lowest BCUT2D eigenvalue weighted by Crippen LogP contribution is -2.36. The molecule has 2 aromatic rings. The Morgan fingerprint density at radius 1 is 0.600 bits per heavy atom. The minimum absolute atomic E-state index is 0.461. The van der Waals surface area contributed by atoms with Crippen LogP contribution in [0.3, 0.4) is 0 Å². The van der Waals surface area contributed by atoms with Crippen LogP contribution in [0.1, 0.15) is 68.9 Å². The predicted molar refractivity (Wildman–Crippen MR) is 140 cm³/mol. The second kappa shape index (κ2) is 10.3. The highest BCUT2D eigenvalue weighted by Crippen LogP contribution is 2.28. The summed E-state index contributed by atoms with van der Waals surface area (Å²) in [6.45, 7) is 1.26. The average molecular weight is 473 g/mol. The first-order valence-corrected chi connectivity index (χ1v) is 13.5. The molecule has 6 nitrogen and oxygen atoms in total. The highest BCUT2D eigenvalue weighted by Gasteiger charge is 2.32. The topological polar surface area (TPSA) is 67.2 Å². The van der Waals surface area contributed by atoms with Crippen LogP contribution in [-0.4, -0.2) is 49.1 Å². The lowest BCUT2D eigenvalue weighted by molar-refractivity contribution is 0.247. The second-order valence-electron chi connectivity index (χ2n) is 10.3. The Kier molecular flexibility index (Phi) is 6.61. The van der Waals surface area contributed by atoms with E-state index in [9.17, 15) is 0 Å². The molecular weight excluding hydrogens is 436 g/mol. The number of aliphatic imine (C=N–C) groups is 2. The summed E-state index contributed by atoms with van der Waals surface area (Å²) in [6.07, 6.45) is 10.9. The fraction of sp³-hybridized carbons (Fsp3) is 0.517. The van der Waals surface area contributed by atoms with E-state index in [2.05, 4.69) is 34.9 Å². The SMILES string of the molecule is c1cc(C2=N[C@H]3CCCC[C@@H]3N2)ccc1OCCCOc1ccc(C2=N[C@@H]3CCCC[C@H]3N2)cc1. The summed E-state index contributed by atoms with van der Waals surface area (Å²) in [7, 11) is 0. The van der Waals surface area contributed by atoms with E-state index in [1.807, 2.05) is 24.3 Å². The number of nitrogens with zero attached hydrogens (tertiary/aromatic N) is 2. The Bertz CT molecular complexity index is 978. The van der Waals surface area contributed by atoms with Gasteiger partial charge in [-0.05, 0) is 74.2 Å². The zero-order valence-corrected chi connectivity index (χ0v) is 20.4. The molecule has 0 amide bonds. The van der Waals surface area contributed by atoms with E-state index in [1.165, 1.54) is 51.4 Å². The lowest BCUT2D eigenvalue weighted by atomic mass is 9.92. The van der Waals surface area contributed by atoms with Crippen LogP contribution in [0.5, 0.6) is 11.5 Å². The first-order chi connectivity index (χ1) is 17.3. The molecule has 6 heteroatoms. The Morgan fingerprint density at radius 3 is 1.46 bits per heavy atom. The van der Waals surface area contributed by atoms with Crippen molar-refractivity contribution in [2.45, 2.75) is 82.0 Å². The van der Waals surface area contributed by atoms with E-state index >= 15 is 0 Å². The van der Waals surface area contributed by atoms with Gasteiger partial charge in [-0.2, -0.15) is 0 Å². The number of amidine groups is 2. The molecule has 6 rings (SSSR count). The van der Waals surface area contributed by atoms with Crippen LogP contribution in [-0.2, 0) is 0 Å². The van der Waals surface area contributed by atoms with E-state index in [-0.39, 0.29) is 0 Å². The highest BCUT2D eigenvalue weighted by atomic mass is 16.5. The van der Waals surface area contributed by atoms with Crippen LogP contribution in [0.2, 0.25) is 0 Å². The zero-order chi connectivity index (χ0) is 23.5. The maximum absolute atomic E-state index is 5.92. The molecule has 2 heterocycles. The zero-order valence-electron chi connectivity index (χ0n) is 20.4. The van der Waals surface area contributed by atoms with Gasteiger partial charge in [-0.1, -0.05) is 25.7 Å². The first-order valence-electron chi connectivity index (χ1n) is 13.5. The van der Waals surface area contributed by atoms with Crippen LogP contribution in [0.15, 0.2) is 58.5 Å². The number of fused-ring (bicyclic) bond motifs is 2. The van der Waals surface area contributed by atoms with Crippen molar-refractivity contribution >= 4 is 11.7 Å². The van der Waals surface area contributed by atoms with E-state index in [4.69, 9.17) is 19.5 Å². The molecule has 2 N–H and O–H groups in total. The largest absolute Gasteiger partial charge is 0.493 e. The van der Waals surface area contributed by atoms with Crippen molar-refractivity contribution < 1.29 is 9.47 Å². The van der Waals surface area contributed by atoms with Crippen LogP contribution < -0.4 is 20.1 Å². The molecule has 0 spiro atoms. The summed E-state index contributed by atoms with van der Waals surface area (Å²) in [6, 6.07) is 18.6. The Balaban J connectivity index is 0.924. The molecule has 0 bridgehead atoms. The lowest BCUT2D eigenvalue weighted by Gasteiger charge is -2.23. The van der Waals surface area contributed by atoms with Crippen molar-refractivity contribution in [1.29, 1.82) is 0 Å². The molecule has 0 radical (unpaired) electrons. The van der Waals surface area contributed by atoms with E-state index in [0.717, 1.165) is 40.7 Å². The van der Waals surface area contributed by atoms with Gasteiger partial charge in [0.1, 0.15) is 23.2 Å². The number of rotatable bonds is 8. The minimum atomic E-state index is 0.461. The van der Waals surface area contributed by atoms with Crippen molar-refractivity contribution in [1.82, 2.24) is 10.6 Å². The van der Waals surface area contributed by atoms with Gasteiger partial charge in [0.25, 0.3) is 0 Å². The molecule has 2 aliphatic heterocycles. The van der Waals surface area contributed by atoms with Gasteiger partial charge in [0.2, 0.25) is 0 Å². The smallest absolute Gasteiger partial charge is 0.128 e. The van der Waals surface area contributed by atoms with Crippen molar-refractivity contribution in [3.8, 4) is 11.5 Å². The molecule has 2 saturated carbocycles. The maximum atomic E-state index is 5.92. The molecule has 0 saturated heterocycles. The molecular formula is C29H36N4O2. The number of hydrogen-bond donors (Lipinski definition) is 2. The maximum Gasteiger partial charge on any atom is 0.128 e.